The lowest BCUT2D eigenvalue weighted by Crippen LogP contribution is -2.67. The number of carbonyl (C=O) groups excluding carboxylic acids is 2. The van der Waals surface area contributed by atoms with E-state index in [1.807, 2.05) is 121 Å². The molecule has 49 heavy (non-hydrogen) atoms. The lowest BCUT2D eigenvalue weighted by atomic mass is 9.83. The van der Waals surface area contributed by atoms with E-state index in [2.05, 4.69) is 0 Å². The first-order valence-corrected chi connectivity index (χ1v) is 16.2. The molecule has 0 spiro atoms. The van der Waals surface area contributed by atoms with Crippen LogP contribution in [0.5, 0.6) is 0 Å². The third kappa shape index (κ3) is 8.31. The quantitative estimate of drug-likeness (QED) is 0.160. The largest absolute Gasteiger partial charge is 0.456 e. The van der Waals surface area contributed by atoms with Gasteiger partial charge in [0.2, 0.25) is 0 Å². The average molecular weight is 659 g/mol. The molecule has 8 nitrogen and oxygen atoms in total. The van der Waals surface area contributed by atoms with Gasteiger partial charge in [0.1, 0.15) is 30.3 Å². The zero-order chi connectivity index (χ0) is 34.0. The minimum Gasteiger partial charge on any atom is -0.456 e. The summed E-state index contributed by atoms with van der Waals surface area (Å²) >= 11 is 0. The fraction of sp³-hybridized carbons (Fsp3) is 0.220. The Morgan fingerprint density at radius 1 is 0.490 bits per heavy atom. The molecule has 6 atom stereocenters. The lowest BCUT2D eigenvalue weighted by Gasteiger charge is -2.46. The van der Waals surface area contributed by atoms with Gasteiger partial charge in [-0.1, -0.05) is 140 Å². The van der Waals surface area contributed by atoms with Gasteiger partial charge >= 0.3 is 11.9 Å². The Kier molecular flexibility index (Phi) is 11.2. The topological polar surface area (TPSA) is 112 Å². The molecule has 8 heteroatoms. The summed E-state index contributed by atoms with van der Waals surface area (Å²) in [6.07, 6.45) is -8.46. The Labute approximate surface area is 285 Å². The number of hydrogen-bond acceptors (Lipinski definition) is 8. The molecule has 0 radical (unpaired) electrons. The van der Waals surface area contributed by atoms with Crippen LogP contribution in [0.25, 0.3) is 0 Å². The average Bonchev–Trinajstić information content (AvgIpc) is 3.15. The Hall–Kier alpha value is -5.12. The summed E-state index contributed by atoms with van der Waals surface area (Å²) in [4.78, 5) is 27.6. The number of aliphatic hydroxyl groups is 2. The van der Waals surface area contributed by atoms with Crippen LogP contribution in [0.3, 0.4) is 0 Å². The Balaban J connectivity index is 1.35. The number of benzene rings is 5. The van der Waals surface area contributed by atoms with E-state index in [1.165, 1.54) is 0 Å². The summed E-state index contributed by atoms with van der Waals surface area (Å²) in [6.45, 7) is 0.0959. The summed E-state index contributed by atoms with van der Waals surface area (Å²) in [6, 6.07) is 45.3. The second kappa shape index (κ2) is 16.3. The molecule has 0 amide bonds. The van der Waals surface area contributed by atoms with Gasteiger partial charge in [0.05, 0.1) is 18.8 Å². The maximum absolute atomic E-state index is 14.2. The summed E-state index contributed by atoms with van der Waals surface area (Å²) in [5.74, 6) is -2.25. The molecule has 2 N–H and O–H groups in total. The lowest BCUT2D eigenvalue weighted by molar-refractivity contribution is -0.256. The molecule has 1 aliphatic carbocycles. The molecule has 0 unspecified atom stereocenters. The van der Waals surface area contributed by atoms with Crippen molar-refractivity contribution >= 4 is 11.9 Å². The Bertz CT molecular complexity index is 1710. The van der Waals surface area contributed by atoms with Gasteiger partial charge in [0.15, 0.2) is 12.2 Å². The van der Waals surface area contributed by atoms with E-state index in [9.17, 15) is 19.8 Å². The molecule has 6 rings (SSSR count). The van der Waals surface area contributed by atoms with Gasteiger partial charge < -0.3 is 29.2 Å². The monoisotopic (exact) mass is 658 g/mol. The van der Waals surface area contributed by atoms with Crippen LogP contribution < -0.4 is 0 Å². The van der Waals surface area contributed by atoms with Crippen LogP contribution in [0.1, 0.15) is 38.5 Å². The van der Waals surface area contributed by atoms with Gasteiger partial charge in [0, 0.05) is 0 Å². The predicted octanol–water partition coefficient (Wildman–Crippen LogP) is 5.86. The van der Waals surface area contributed by atoms with Crippen molar-refractivity contribution in [3.63, 3.8) is 0 Å². The number of carbonyl (C=O) groups is 2. The van der Waals surface area contributed by atoms with Gasteiger partial charge in [-0.25, -0.2) is 4.79 Å². The maximum atomic E-state index is 14.2. The summed E-state index contributed by atoms with van der Waals surface area (Å²) in [5, 5.41) is 24.0. The number of aliphatic hydroxyl groups excluding tert-OH is 2. The molecular weight excluding hydrogens is 620 g/mol. The predicted molar refractivity (Wildman–Crippen MR) is 182 cm³/mol. The fourth-order valence-corrected chi connectivity index (χ4v) is 6.07. The first-order chi connectivity index (χ1) is 24.0. The molecule has 5 aromatic rings. The SMILES string of the molecule is O=C(O[C@@H]1[C@H](O)[C@H](OC(=O)C(c2ccccc2)c2ccccc2)[C@@H](OCc2ccccc2)[C@H](O)[C@H]1OCc1ccccc1)c1ccccc1. The van der Waals surface area contributed by atoms with E-state index < -0.39 is 54.5 Å². The van der Waals surface area contributed by atoms with Gasteiger partial charge in [-0.05, 0) is 34.4 Å². The van der Waals surface area contributed by atoms with Crippen LogP contribution in [0.15, 0.2) is 152 Å². The van der Waals surface area contributed by atoms with Crippen molar-refractivity contribution in [1.29, 1.82) is 0 Å². The van der Waals surface area contributed by atoms with Gasteiger partial charge in [-0.15, -0.1) is 0 Å². The van der Waals surface area contributed by atoms with Gasteiger partial charge in [-0.3, -0.25) is 4.79 Å². The fourth-order valence-electron chi connectivity index (χ4n) is 6.07. The highest BCUT2D eigenvalue weighted by Crippen LogP contribution is 2.34. The number of rotatable bonds is 12. The first-order valence-electron chi connectivity index (χ1n) is 16.2. The van der Waals surface area contributed by atoms with Crippen LogP contribution in [0, 0.1) is 0 Å². The Morgan fingerprint density at radius 2 is 0.857 bits per heavy atom. The molecular formula is C41H38O8. The molecule has 0 aromatic heterocycles. The minimum absolute atomic E-state index is 0.0456. The van der Waals surface area contributed by atoms with Crippen LogP contribution in [-0.4, -0.2) is 58.8 Å². The summed E-state index contributed by atoms with van der Waals surface area (Å²) in [5.41, 5.74) is 3.22. The number of esters is 2. The van der Waals surface area contributed by atoms with E-state index in [-0.39, 0.29) is 18.8 Å². The van der Waals surface area contributed by atoms with E-state index in [1.54, 1.807) is 30.3 Å². The second-order valence-corrected chi connectivity index (χ2v) is 11.9. The molecule has 0 aliphatic heterocycles. The minimum atomic E-state index is -1.63. The van der Waals surface area contributed by atoms with Crippen molar-refractivity contribution in [3.8, 4) is 0 Å². The molecule has 5 aromatic carbocycles. The zero-order valence-corrected chi connectivity index (χ0v) is 26.7. The van der Waals surface area contributed by atoms with Crippen LogP contribution in [0.4, 0.5) is 0 Å². The molecule has 250 valence electrons. The van der Waals surface area contributed by atoms with Crippen LogP contribution in [0.2, 0.25) is 0 Å². The highest BCUT2D eigenvalue weighted by Gasteiger charge is 2.55. The van der Waals surface area contributed by atoms with Crippen molar-refractivity contribution < 1.29 is 38.7 Å². The second-order valence-electron chi connectivity index (χ2n) is 11.9. The summed E-state index contributed by atoms with van der Waals surface area (Å²) < 4.78 is 24.5. The molecule has 1 saturated carbocycles. The van der Waals surface area contributed by atoms with Gasteiger partial charge in [0.25, 0.3) is 0 Å². The normalized spacial score (nSPS) is 21.9. The zero-order valence-electron chi connectivity index (χ0n) is 26.7. The number of hydrogen-bond donors (Lipinski definition) is 2. The van der Waals surface area contributed by atoms with E-state index in [4.69, 9.17) is 18.9 Å². The highest BCUT2D eigenvalue weighted by molar-refractivity contribution is 5.89. The first kappa shape index (κ1) is 33.8. The van der Waals surface area contributed by atoms with Crippen molar-refractivity contribution in [2.45, 2.75) is 55.8 Å². The molecule has 0 bridgehead atoms. The number of ether oxygens (including phenoxy) is 4. The molecule has 0 saturated heterocycles. The molecule has 1 aliphatic rings. The van der Waals surface area contributed by atoms with Gasteiger partial charge in [-0.2, -0.15) is 0 Å². The maximum Gasteiger partial charge on any atom is 0.338 e. The van der Waals surface area contributed by atoms with Crippen molar-refractivity contribution in [1.82, 2.24) is 0 Å². The van der Waals surface area contributed by atoms with Crippen LogP contribution >= 0.6 is 0 Å². The van der Waals surface area contributed by atoms with Crippen LogP contribution in [-0.2, 0) is 37.0 Å². The standard InChI is InChI=1S/C41H38O8/c42-34-36(46-26-28-16-6-1-7-17-28)38(48-40(44)32-24-14-5-15-25-32)35(43)39(37(34)47-27-29-18-8-2-9-19-29)49-41(45)33(30-20-10-3-11-21-30)31-22-12-4-13-23-31/h1-25,33-39,42-43H,26-27H2/t34-,35+,36-,37+,38-,39+/m1/s1. The summed E-state index contributed by atoms with van der Waals surface area (Å²) in [7, 11) is 0. The Morgan fingerprint density at radius 3 is 1.31 bits per heavy atom. The third-order valence-electron chi connectivity index (χ3n) is 8.57. The third-order valence-corrected chi connectivity index (χ3v) is 8.57. The molecule has 1 fully saturated rings. The van der Waals surface area contributed by atoms with E-state index in [0.29, 0.717) is 11.1 Å². The highest BCUT2D eigenvalue weighted by atomic mass is 16.6. The van der Waals surface area contributed by atoms with Crippen molar-refractivity contribution in [2.24, 2.45) is 0 Å². The van der Waals surface area contributed by atoms with E-state index >= 15 is 0 Å². The molecule has 0 heterocycles. The van der Waals surface area contributed by atoms with Crippen molar-refractivity contribution in [3.05, 3.63) is 179 Å². The van der Waals surface area contributed by atoms with E-state index in [0.717, 1.165) is 11.1 Å². The van der Waals surface area contributed by atoms with Crippen molar-refractivity contribution in [2.75, 3.05) is 0 Å². The smallest absolute Gasteiger partial charge is 0.338 e.